The van der Waals surface area contributed by atoms with Gasteiger partial charge in [-0.2, -0.15) is 0 Å². The highest BCUT2D eigenvalue weighted by Crippen LogP contribution is 2.21. The van der Waals surface area contributed by atoms with Crippen LogP contribution in [0.2, 0.25) is 0 Å². The Morgan fingerprint density at radius 1 is 1.12 bits per heavy atom. The molecule has 0 heterocycles. The first-order valence-electron chi connectivity index (χ1n) is 8.79. The van der Waals surface area contributed by atoms with E-state index >= 15 is 0 Å². The minimum atomic E-state index is -0.764. The van der Waals surface area contributed by atoms with Gasteiger partial charge >= 0.3 is 6.09 Å². The second-order valence-corrected chi connectivity index (χ2v) is 7.31. The molecule has 5 heteroatoms. The lowest BCUT2D eigenvalue weighted by Crippen LogP contribution is -2.48. The second kappa shape index (κ2) is 8.72. The highest BCUT2D eigenvalue weighted by atomic mass is 16.6. The minimum absolute atomic E-state index is 0.175. The van der Waals surface area contributed by atoms with Gasteiger partial charge in [0.05, 0.1) is 19.3 Å². The number of amides is 1. The van der Waals surface area contributed by atoms with Gasteiger partial charge < -0.3 is 20.5 Å². The molecule has 0 aliphatic carbocycles. The maximum atomic E-state index is 12.6. The number of benzene rings is 2. The third kappa shape index (κ3) is 5.77. The molecule has 0 aliphatic rings. The molecule has 0 aliphatic heterocycles. The Bertz CT molecular complexity index is 693. The number of aliphatic hydroxyl groups is 1. The zero-order valence-corrected chi connectivity index (χ0v) is 15.7. The van der Waals surface area contributed by atoms with E-state index in [-0.39, 0.29) is 13.2 Å². The Labute approximate surface area is 155 Å². The summed E-state index contributed by atoms with van der Waals surface area (Å²) in [5.74, 6) is 0. The van der Waals surface area contributed by atoms with Gasteiger partial charge in [-0.25, -0.2) is 4.79 Å². The number of nitrogens with zero attached hydrogens (tertiary/aromatic N) is 1. The van der Waals surface area contributed by atoms with Crippen molar-refractivity contribution in [2.75, 3.05) is 18.9 Å². The Morgan fingerprint density at radius 2 is 1.73 bits per heavy atom. The molecule has 0 fully saturated rings. The molecule has 3 N–H and O–H groups in total. The van der Waals surface area contributed by atoms with Crippen LogP contribution in [0.25, 0.3) is 0 Å². The number of nitrogens with two attached hydrogens (primary N) is 1. The minimum Gasteiger partial charge on any atom is -0.449 e. The summed E-state index contributed by atoms with van der Waals surface area (Å²) in [5.41, 5.74) is 7.74. The Kier molecular flexibility index (Phi) is 6.64. The van der Waals surface area contributed by atoms with Crippen molar-refractivity contribution in [3.05, 3.63) is 65.7 Å². The van der Waals surface area contributed by atoms with Gasteiger partial charge in [-0.3, -0.25) is 0 Å². The largest absolute Gasteiger partial charge is 0.449 e. The van der Waals surface area contributed by atoms with Crippen LogP contribution in [-0.4, -0.2) is 34.8 Å². The van der Waals surface area contributed by atoms with Crippen molar-refractivity contribution in [3.63, 3.8) is 0 Å². The van der Waals surface area contributed by atoms with Crippen LogP contribution < -0.4 is 5.73 Å². The average molecular weight is 356 g/mol. The van der Waals surface area contributed by atoms with Crippen LogP contribution >= 0.6 is 0 Å². The summed E-state index contributed by atoms with van der Waals surface area (Å²) < 4.78 is 5.45. The van der Waals surface area contributed by atoms with Gasteiger partial charge in [-0.05, 0) is 44.0 Å². The lowest BCUT2D eigenvalue weighted by Gasteiger charge is -2.36. The first-order chi connectivity index (χ1) is 12.3. The van der Waals surface area contributed by atoms with Crippen LogP contribution in [0.4, 0.5) is 10.5 Å². The molecule has 1 atom stereocenters. The van der Waals surface area contributed by atoms with E-state index in [1.54, 1.807) is 4.90 Å². The number of hydrogen-bond acceptors (Lipinski definition) is 4. The lowest BCUT2D eigenvalue weighted by molar-refractivity contribution is 0.0368. The number of carbonyl (C=O) groups excluding carboxylic acids is 1. The zero-order valence-electron chi connectivity index (χ0n) is 15.7. The molecule has 140 valence electrons. The normalized spacial score (nSPS) is 12.5. The molecule has 26 heavy (non-hydrogen) atoms. The molecular formula is C21H28N2O3. The van der Waals surface area contributed by atoms with Crippen molar-refractivity contribution in [3.8, 4) is 0 Å². The topological polar surface area (TPSA) is 75.8 Å². The molecule has 2 rings (SSSR count). The fraction of sp³-hybridized carbons (Fsp3) is 0.381. The van der Waals surface area contributed by atoms with Crippen LogP contribution in [-0.2, 0) is 11.2 Å². The highest BCUT2D eigenvalue weighted by molar-refractivity contribution is 5.68. The van der Waals surface area contributed by atoms with Crippen LogP contribution in [0.3, 0.4) is 0 Å². The second-order valence-electron chi connectivity index (χ2n) is 7.31. The summed E-state index contributed by atoms with van der Waals surface area (Å²) in [7, 11) is 0. The molecule has 0 spiro atoms. The number of anilines is 1. The number of nitrogen functional groups attached to an aromatic ring is 1. The fourth-order valence-electron chi connectivity index (χ4n) is 2.59. The first kappa shape index (κ1) is 19.8. The molecule has 1 amide bonds. The summed E-state index contributed by atoms with van der Waals surface area (Å²) >= 11 is 0. The van der Waals surface area contributed by atoms with E-state index in [0.717, 1.165) is 11.1 Å². The summed E-state index contributed by atoms with van der Waals surface area (Å²) in [4.78, 5) is 14.1. The standard InChI is InChI=1S/C21H28N2O3/c1-21(2,3)23(15-19(24)17-7-5-4-6-8-17)20(25)26-14-13-16-9-11-18(22)12-10-16/h4-12,19,24H,13-15,22H2,1-3H3. The van der Waals surface area contributed by atoms with Crippen LogP contribution in [0.15, 0.2) is 54.6 Å². The third-order valence-electron chi connectivity index (χ3n) is 4.17. The lowest BCUT2D eigenvalue weighted by atomic mass is 10.0. The molecule has 5 nitrogen and oxygen atoms in total. The van der Waals surface area contributed by atoms with E-state index in [1.807, 2.05) is 75.4 Å². The monoisotopic (exact) mass is 356 g/mol. The van der Waals surface area contributed by atoms with Crippen molar-refractivity contribution in [2.24, 2.45) is 0 Å². The molecule has 2 aromatic carbocycles. The zero-order chi connectivity index (χ0) is 19.2. The average Bonchev–Trinajstić information content (AvgIpc) is 2.60. The van der Waals surface area contributed by atoms with E-state index in [9.17, 15) is 9.90 Å². The SMILES string of the molecule is CC(C)(C)N(CC(O)c1ccccc1)C(=O)OCCc1ccc(N)cc1. The highest BCUT2D eigenvalue weighted by Gasteiger charge is 2.30. The summed E-state index contributed by atoms with van der Waals surface area (Å²) in [6, 6.07) is 16.8. The van der Waals surface area contributed by atoms with E-state index in [0.29, 0.717) is 12.1 Å². The number of rotatable bonds is 6. The number of aliphatic hydroxyl groups excluding tert-OH is 1. The number of ether oxygens (including phenoxy) is 1. The number of hydrogen-bond donors (Lipinski definition) is 2. The Morgan fingerprint density at radius 3 is 2.31 bits per heavy atom. The maximum Gasteiger partial charge on any atom is 0.410 e. The Balaban J connectivity index is 1.95. The first-order valence-corrected chi connectivity index (χ1v) is 8.79. The maximum absolute atomic E-state index is 12.6. The van der Waals surface area contributed by atoms with Crippen LogP contribution in [0, 0.1) is 0 Å². The third-order valence-corrected chi connectivity index (χ3v) is 4.17. The van der Waals surface area contributed by atoms with Gasteiger partial charge in [0.1, 0.15) is 0 Å². The van der Waals surface area contributed by atoms with Gasteiger partial charge in [-0.15, -0.1) is 0 Å². The van der Waals surface area contributed by atoms with Crippen LogP contribution in [0.1, 0.15) is 38.0 Å². The predicted octanol–water partition coefficient (Wildman–Crippen LogP) is 3.78. The molecule has 1 unspecified atom stereocenters. The molecule has 0 radical (unpaired) electrons. The summed E-state index contributed by atoms with van der Waals surface area (Å²) in [5, 5.41) is 10.5. The van der Waals surface area contributed by atoms with Gasteiger partial charge in [0, 0.05) is 17.6 Å². The van der Waals surface area contributed by atoms with Crippen LogP contribution in [0.5, 0.6) is 0 Å². The molecule has 0 aromatic heterocycles. The smallest absolute Gasteiger partial charge is 0.410 e. The molecule has 0 saturated heterocycles. The van der Waals surface area contributed by atoms with Crippen molar-refractivity contribution in [1.82, 2.24) is 4.90 Å². The van der Waals surface area contributed by atoms with Gasteiger partial charge in [-0.1, -0.05) is 42.5 Å². The Hall–Kier alpha value is -2.53. The predicted molar refractivity (Wildman–Crippen MR) is 104 cm³/mol. The molecule has 0 bridgehead atoms. The molecule has 2 aromatic rings. The molecular weight excluding hydrogens is 328 g/mol. The van der Waals surface area contributed by atoms with E-state index < -0.39 is 17.7 Å². The van der Waals surface area contributed by atoms with Crippen molar-refractivity contribution >= 4 is 11.8 Å². The number of β-amino-alcohol motifs (C(OH)–C–C–N with tert-alkyl or cyclic N) is 1. The van der Waals surface area contributed by atoms with Crippen molar-refractivity contribution < 1.29 is 14.6 Å². The summed E-state index contributed by atoms with van der Waals surface area (Å²) in [6.07, 6.45) is -0.575. The quantitative estimate of drug-likeness (QED) is 0.772. The van der Waals surface area contributed by atoms with Gasteiger partial charge in [0.2, 0.25) is 0 Å². The van der Waals surface area contributed by atoms with Gasteiger partial charge in [0.15, 0.2) is 0 Å². The van der Waals surface area contributed by atoms with E-state index in [1.165, 1.54) is 0 Å². The van der Waals surface area contributed by atoms with E-state index in [4.69, 9.17) is 10.5 Å². The number of carbonyl (C=O) groups is 1. The van der Waals surface area contributed by atoms with Crippen molar-refractivity contribution in [1.29, 1.82) is 0 Å². The van der Waals surface area contributed by atoms with Gasteiger partial charge in [0.25, 0.3) is 0 Å². The molecule has 0 saturated carbocycles. The fourth-order valence-corrected chi connectivity index (χ4v) is 2.59. The summed E-state index contributed by atoms with van der Waals surface area (Å²) in [6.45, 7) is 6.22. The van der Waals surface area contributed by atoms with E-state index in [2.05, 4.69) is 0 Å². The van der Waals surface area contributed by atoms with Crippen molar-refractivity contribution in [2.45, 2.75) is 38.8 Å².